The fourth-order valence-electron chi connectivity index (χ4n) is 1.76. The number of anilines is 1. The Labute approximate surface area is 125 Å². The molecule has 8 heteroatoms. The number of nitrogens with one attached hydrogen (secondary N) is 2. The molecule has 2 rings (SSSR count). The van der Waals surface area contributed by atoms with Crippen LogP contribution in [-0.2, 0) is 17.0 Å². The summed E-state index contributed by atoms with van der Waals surface area (Å²) in [6.45, 7) is 0. The Morgan fingerprint density at radius 2 is 2.05 bits per heavy atom. The van der Waals surface area contributed by atoms with Crippen molar-refractivity contribution in [1.29, 1.82) is 0 Å². The van der Waals surface area contributed by atoms with Gasteiger partial charge in [0.05, 0.1) is 6.42 Å². The van der Waals surface area contributed by atoms with E-state index in [0.717, 1.165) is 11.1 Å². The fraction of sp³-hybridized carbons (Fsp3) is 0.154. The van der Waals surface area contributed by atoms with Crippen LogP contribution in [-0.4, -0.2) is 15.9 Å². The molecule has 0 saturated carbocycles. The van der Waals surface area contributed by atoms with E-state index < -0.39 is 0 Å². The van der Waals surface area contributed by atoms with Crippen molar-refractivity contribution in [1.82, 2.24) is 15.4 Å². The van der Waals surface area contributed by atoms with Crippen LogP contribution in [0.15, 0.2) is 40.3 Å². The SMILES string of the molecule is NNC(=O)Cc1ccccc1CSc1nc(N)cc(=O)[nH]1. The third-order valence-corrected chi connectivity index (χ3v) is 3.66. The maximum Gasteiger partial charge on any atom is 0.253 e. The quantitative estimate of drug-likeness (QED) is 0.205. The number of amides is 1. The molecule has 2 aromatic rings. The summed E-state index contributed by atoms with van der Waals surface area (Å²) in [7, 11) is 0. The van der Waals surface area contributed by atoms with Crippen LogP contribution in [0.1, 0.15) is 11.1 Å². The zero-order chi connectivity index (χ0) is 15.2. The van der Waals surface area contributed by atoms with E-state index >= 15 is 0 Å². The molecule has 0 radical (unpaired) electrons. The lowest BCUT2D eigenvalue weighted by atomic mass is 10.1. The largest absolute Gasteiger partial charge is 0.383 e. The van der Waals surface area contributed by atoms with Crippen molar-refractivity contribution in [2.45, 2.75) is 17.3 Å². The van der Waals surface area contributed by atoms with Crippen molar-refractivity contribution in [2.24, 2.45) is 5.84 Å². The van der Waals surface area contributed by atoms with E-state index in [2.05, 4.69) is 15.4 Å². The molecule has 1 heterocycles. The number of nitrogen functional groups attached to an aromatic ring is 1. The summed E-state index contributed by atoms with van der Waals surface area (Å²) in [5.74, 6) is 5.57. The van der Waals surface area contributed by atoms with Gasteiger partial charge < -0.3 is 10.7 Å². The second-order valence-corrected chi connectivity index (χ2v) is 5.24. The topological polar surface area (TPSA) is 127 Å². The lowest BCUT2D eigenvalue weighted by Gasteiger charge is -2.08. The van der Waals surface area contributed by atoms with E-state index in [1.54, 1.807) is 0 Å². The van der Waals surface area contributed by atoms with Gasteiger partial charge >= 0.3 is 0 Å². The molecule has 0 bridgehead atoms. The number of benzene rings is 1. The first-order valence-corrected chi connectivity index (χ1v) is 7.13. The molecule has 0 aliphatic carbocycles. The number of H-pyrrole nitrogens is 1. The second-order valence-electron chi connectivity index (χ2n) is 4.28. The Kier molecular flexibility index (Phi) is 4.96. The molecule has 0 spiro atoms. The minimum Gasteiger partial charge on any atom is -0.383 e. The molecular formula is C13H15N5O2S. The smallest absolute Gasteiger partial charge is 0.253 e. The Hall–Kier alpha value is -2.32. The van der Waals surface area contributed by atoms with Gasteiger partial charge in [-0.3, -0.25) is 15.0 Å². The minimum atomic E-state index is -0.291. The highest BCUT2D eigenvalue weighted by atomic mass is 32.2. The number of hydrogen-bond acceptors (Lipinski definition) is 6. The number of thioether (sulfide) groups is 1. The lowest BCUT2D eigenvalue weighted by molar-refractivity contribution is -0.120. The average Bonchev–Trinajstić information content (AvgIpc) is 2.45. The zero-order valence-electron chi connectivity index (χ0n) is 11.1. The van der Waals surface area contributed by atoms with Crippen LogP contribution in [0.5, 0.6) is 0 Å². The second kappa shape index (κ2) is 6.91. The summed E-state index contributed by atoms with van der Waals surface area (Å²) < 4.78 is 0. The lowest BCUT2D eigenvalue weighted by Crippen LogP contribution is -2.31. The van der Waals surface area contributed by atoms with E-state index in [0.29, 0.717) is 10.9 Å². The minimum absolute atomic E-state index is 0.178. The van der Waals surface area contributed by atoms with Crippen molar-refractivity contribution in [3.8, 4) is 0 Å². The molecular weight excluding hydrogens is 290 g/mol. The monoisotopic (exact) mass is 305 g/mol. The van der Waals surface area contributed by atoms with E-state index in [-0.39, 0.29) is 23.7 Å². The molecule has 0 aliphatic rings. The summed E-state index contributed by atoms with van der Waals surface area (Å²) in [5.41, 5.74) is 9.19. The Morgan fingerprint density at radius 1 is 1.33 bits per heavy atom. The molecule has 1 aromatic heterocycles. The third-order valence-electron chi connectivity index (χ3n) is 2.73. The van der Waals surface area contributed by atoms with E-state index in [1.807, 2.05) is 24.3 Å². The van der Waals surface area contributed by atoms with Crippen LogP contribution in [0.4, 0.5) is 5.82 Å². The van der Waals surface area contributed by atoms with Gasteiger partial charge in [-0.15, -0.1) is 0 Å². The zero-order valence-corrected chi connectivity index (χ0v) is 11.9. The van der Waals surface area contributed by atoms with Crippen LogP contribution in [0.3, 0.4) is 0 Å². The number of hydrazine groups is 1. The summed E-state index contributed by atoms with van der Waals surface area (Å²) in [6.07, 6.45) is 0.202. The van der Waals surface area contributed by atoms with Gasteiger partial charge in [0, 0.05) is 11.8 Å². The van der Waals surface area contributed by atoms with Gasteiger partial charge in [0.1, 0.15) is 5.82 Å². The average molecular weight is 305 g/mol. The molecule has 0 fully saturated rings. The molecule has 1 amide bonds. The first-order valence-electron chi connectivity index (χ1n) is 6.14. The van der Waals surface area contributed by atoms with E-state index in [9.17, 15) is 9.59 Å². The van der Waals surface area contributed by atoms with Gasteiger partial charge in [0.15, 0.2) is 5.16 Å². The molecule has 0 atom stereocenters. The van der Waals surface area contributed by atoms with Gasteiger partial charge in [0.25, 0.3) is 5.56 Å². The Balaban J connectivity index is 2.12. The molecule has 1 aromatic carbocycles. The van der Waals surface area contributed by atoms with Crippen LogP contribution >= 0.6 is 11.8 Å². The number of aromatic nitrogens is 2. The predicted octanol–water partition coefficient (Wildman–Crippen LogP) is 0.177. The van der Waals surface area contributed by atoms with E-state index in [1.165, 1.54) is 17.8 Å². The molecule has 21 heavy (non-hydrogen) atoms. The number of carbonyl (C=O) groups excluding carboxylic acids is 1. The third kappa shape index (κ3) is 4.33. The Morgan fingerprint density at radius 3 is 2.71 bits per heavy atom. The number of nitrogens with zero attached hydrogens (tertiary/aromatic N) is 1. The predicted molar refractivity (Wildman–Crippen MR) is 81.3 cm³/mol. The maximum atomic E-state index is 11.4. The molecule has 0 saturated heterocycles. The van der Waals surface area contributed by atoms with Crippen LogP contribution < -0.4 is 22.6 Å². The van der Waals surface area contributed by atoms with Crippen molar-refractivity contribution >= 4 is 23.5 Å². The Bertz CT molecular complexity index is 701. The molecule has 6 N–H and O–H groups in total. The summed E-state index contributed by atoms with van der Waals surface area (Å²) in [4.78, 5) is 29.3. The number of carbonyl (C=O) groups is 1. The fourth-order valence-corrected chi connectivity index (χ4v) is 2.68. The molecule has 7 nitrogen and oxygen atoms in total. The first-order chi connectivity index (χ1) is 10.1. The van der Waals surface area contributed by atoms with Crippen molar-refractivity contribution in [3.63, 3.8) is 0 Å². The van der Waals surface area contributed by atoms with Crippen molar-refractivity contribution in [2.75, 3.05) is 5.73 Å². The number of hydrogen-bond donors (Lipinski definition) is 4. The van der Waals surface area contributed by atoms with Gasteiger partial charge in [0.2, 0.25) is 5.91 Å². The molecule has 0 unspecified atom stereocenters. The van der Waals surface area contributed by atoms with E-state index in [4.69, 9.17) is 11.6 Å². The normalized spacial score (nSPS) is 10.3. The number of nitrogens with two attached hydrogens (primary N) is 2. The first kappa shape index (κ1) is 15.1. The highest BCUT2D eigenvalue weighted by molar-refractivity contribution is 7.98. The van der Waals surface area contributed by atoms with Gasteiger partial charge in [-0.05, 0) is 11.1 Å². The van der Waals surface area contributed by atoms with Crippen molar-refractivity contribution < 1.29 is 4.79 Å². The summed E-state index contributed by atoms with van der Waals surface area (Å²) in [5, 5.41) is 0.443. The maximum absolute atomic E-state index is 11.4. The standard InChI is InChI=1S/C13H15N5O2S/c14-10-6-11(19)17-13(16-10)21-7-9-4-2-1-3-8(9)5-12(20)18-15/h1-4,6H,5,7,15H2,(H,18,20)(H3,14,16,17,19). The van der Waals surface area contributed by atoms with Crippen molar-refractivity contribution in [3.05, 3.63) is 51.8 Å². The number of aromatic amines is 1. The highest BCUT2D eigenvalue weighted by Crippen LogP contribution is 2.21. The molecule has 110 valence electrons. The van der Waals surface area contributed by atoms with Gasteiger partial charge in [-0.2, -0.15) is 0 Å². The summed E-state index contributed by atoms with van der Waals surface area (Å²) >= 11 is 1.34. The van der Waals surface area contributed by atoms with Crippen LogP contribution in [0.2, 0.25) is 0 Å². The van der Waals surface area contributed by atoms with Gasteiger partial charge in [-0.25, -0.2) is 10.8 Å². The van der Waals surface area contributed by atoms with Gasteiger partial charge in [-0.1, -0.05) is 36.0 Å². The van der Waals surface area contributed by atoms with Crippen LogP contribution in [0.25, 0.3) is 0 Å². The number of rotatable bonds is 5. The molecule has 0 aliphatic heterocycles. The highest BCUT2D eigenvalue weighted by Gasteiger charge is 2.08. The van der Waals surface area contributed by atoms with Crippen LogP contribution in [0, 0.1) is 0 Å². The summed E-state index contributed by atoms with van der Waals surface area (Å²) in [6, 6.07) is 8.74.